The summed E-state index contributed by atoms with van der Waals surface area (Å²) in [4.78, 5) is 24.0. The number of fused-ring (bicyclic) bond motifs is 1. The third-order valence-corrected chi connectivity index (χ3v) is 4.10. The van der Waals surface area contributed by atoms with Gasteiger partial charge in [-0.15, -0.1) is 0 Å². The highest BCUT2D eigenvalue weighted by Crippen LogP contribution is 2.14. The maximum atomic E-state index is 13.3. The normalized spacial score (nSPS) is 10.7. The second-order valence-corrected chi connectivity index (χ2v) is 6.27. The number of amides is 1. The maximum Gasteiger partial charge on any atom is 0.244 e. The van der Waals surface area contributed by atoms with Crippen LogP contribution in [0.4, 0.5) is 10.1 Å². The van der Waals surface area contributed by atoms with E-state index in [-0.39, 0.29) is 23.3 Å². The van der Waals surface area contributed by atoms with Crippen molar-refractivity contribution in [2.24, 2.45) is 0 Å². The minimum atomic E-state index is -0.476. The van der Waals surface area contributed by atoms with Crippen molar-refractivity contribution in [1.82, 2.24) is 4.57 Å². The number of rotatable bonds is 3. The van der Waals surface area contributed by atoms with Crippen molar-refractivity contribution in [2.75, 3.05) is 5.32 Å². The monoisotopic (exact) mass is 422 g/mol. The molecule has 23 heavy (non-hydrogen) atoms. The van der Waals surface area contributed by atoms with Crippen molar-refractivity contribution in [3.05, 3.63) is 74.3 Å². The Balaban J connectivity index is 1.86. The first-order chi connectivity index (χ1) is 11.0. The first kappa shape index (κ1) is 15.7. The molecule has 0 aliphatic carbocycles. The van der Waals surface area contributed by atoms with Crippen LogP contribution in [0.15, 0.2) is 59.5 Å². The topological polar surface area (TPSA) is 51.1 Å². The molecular formula is C17H12FIN2O2. The van der Waals surface area contributed by atoms with Crippen LogP contribution in [0.1, 0.15) is 0 Å². The minimum absolute atomic E-state index is 0.0361. The summed E-state index contributed by atoms with van der Waals surface area (Å²) in [6.07, 6.45) is 1.54. The van der Waals surface area contributed by atoms with Crippen LogP contribution in [-0.2, 0) is 11.3 Å². The average Bonchev–Trinajstić information content (AvgIpc) is 2.52. The molecule has 0 aliphatic heterocycles. The lowest BCUT2D eigenvalue weighted by Crippen LogP contribution is -2.20. The molecule has 0 saturated heterocycles. The molecule has 0 unspecified atom stereocenters. The van der Waals surface area contributed by atoms with Gasteiger partial charge < -0.3 is 9.88 Å². The average molecular weight is 422 g/mol. The number of nitrogens with zero attached hydrogens (tertiary/aromatic N) is 1. The lowest BCUT2D eigenvalue weighted by Gasteiger charge is -2.11. The van der Waals surface area contributed by atoms with E-state index in [0.717, 1.165) is 3.57 Å². The zero-order valence-electron chi connectivity index (χ0n) is 11.9. The largest absolute Gasteiger partial charge is 0.338 e. The van der Waals surface area contributed by atoms with Crippen LogP contribution >= 0.6 is 22.6 Å². The van der Waals surface area contributed by atoms with Gasteiger partial charge in [-0.25, -0.2) is 4.39 Å². The van der Waals surface area contributed by atoms with Crippen LogP contribution in [0, 0.1) is 9.39 Å². The molecule has 0 atom stereocenters. The van der Waals surface area contributed by atoms with Gasteiger partial charge in [0, 0.05) is 26.9 Å². The van der Waals surface area contributed by atoms with Crippen LogP contribution in [-0.4, -0.2) is 10.5 Å². The highest BCUT2D eigenvalue weighted by Gasteiger charge is 2.08. The summed E-state index contributed by atoms with van der Waals surface area (Å²) in [6.45, 7) is 0.0361. The number of hydrogen-bond donors (Lipinski definition) is 1. The fraction of sp³-hybridized carbons (Fsp3) is 0.0588. The fourth-order valence-corrected chi connectivity index (χ4v) is 2.67. The molecule has 1 amide bonds. The second-order valence-electron chi connectivity index (χ2n) is 5.02. The molecule has 3 aromatic rings. The molecule has 0 bridgehead atoms. The van der Waals surface area contributed by atoms with Gasteiger partial charge in [-0.05, 0) is 65.1 Å². The molecule has 1 N–H and O–H groups in total. The maximum absolute atomic E-state index is 13.3. The van der Waals surface area contributed by atoms with Crippen LogP contribution in [0.2, 0.25) is 0 Å². The van der Waals surface area contributed by atoms with Crippen LogP contribution in [0.25, 0.3) is 10.9 Å². The highest BCUT2D eigenvalue weighted by atomic mass is 127. The molecule has 0 saturated carbocycles. The van der Waals surface area contributed by atoms with Crippen LogP contribution in [0.3, 0.4) is 0 Å². The van der Waals surface area contributed by atoms with Crippen molar-refractivity contribution in [3.8, 4) is 0 Å². The van der Waals surface area contributed by atoms with E-state index >= 15 is 0 Å². The Morgan fingerprint density at radius 1 is 1.13 bits per heavy atom. The van der Waals surface area contributed by atoms with E-state index in [0.29, 0.717) is 11.2 Å². The minimum Gasteiger partial charge on any atom is -0.338 e. The summed E-state index contributed by atoms with van der Waals surface area (Å²) in [6, 6.07) is 12.7. The van der Waals surface area contributed by atoms with Gasteiger partial charge in [-0.1, -0.05) is 0 Å². The van der Waals surface area contributed by atoms with Crippen molar-refractivity contribution < 1.29 is 9.18 Å². The lowest BCUT2D eigenvalue weighted by molar-refractivity contribution is -0.116. The van der Waals surface area contributed by atoms with Crippen molar-refractivity contribution in [3.63, 3.8) is 0 Å². The van der Waals surface area contributed by atoms with Gasteiger partial charge in [0.1, 0.15) is 12.4 Å². The van der Waals surface area contributed by atoms with Crippen molar-refractivity contribution >= 4 is 45.1 Å². The molecule has 2 aromatic carbocycles. The van der Waals surface area contributed by atoms with E-state index in [9.17, 15) is 14.0 Å². The van der Waals surface area contributed by atoms with E-state index in [2.05, 4.69) is 27.9 Å². The Morgan fingerprint density at radius 3 is 2.61 bits per heavy atom. The van der Waals surface area contributed by atoms with E-state index in [4.69, 9.17) is 0 Å². The van der Waals surface area contributed by atoms with Gasteiger partial charge >= 0.3 is 0 Å². The molecule has 4 nitrogen and oxygen atoms in total. The zero-order valence-corrected chi connectivity index (χ0v) is 14.1. The van der Waals surface area contributed by atoms with Gasteiger partial charge in [0.05, 0.1) is 5.52 Å². The van der Waals surface area contributed by atoms with Gasteiger partial charge in [0.25, 0.3) is 0 Å². The van der Waals surface area contributed by atoms with Crippen LogP contribution < -0.4 is 10.7 Å². The molecule has 1 heterocycles. The number of carbonyl (C=O) groups excluding carboxylic acids is 1. The SMILES string of the molecule is O=C(Cn1ccc(=O)c2cc(F)ccc21)Nc1ccc(I)cc1. The fourth-order valence-electron chi connectivity index (χ4n) is 2.31. The Morgan fingerprint density at radius 2 is 1.87 bits per heavy atom. The van der Waals surface area contributed by atoms with E-state index in [1.807, 2.05) is 24.3 Å². The number of hydrogen-bond acceptors (Lipinski definition) is 2. The standard InChI is InChI=1S/C17H12FIN2O2/c18-11-1-6-15-14(9-11)16(22)7-8-21(15)10-17(23)20-13-4-2-12(19)3-5-13/h1-9H,10H2,(H,20,23). The van der Waals surface area contributed by atoms with Gasteiger partial charge in [0.2, 0.25) is 5.91 Å². The molecular weight excluding hydrogens is 410 g/mol. The lowest BCUT2D eigenvalue weighted by atomic mass is 10.2. The second kappa shape index (κ2) is 6.49. The number of benzene rings is 2. The molecule has 116 valence electrons. The third kappa shape index (κ3) is 3.58. The first-order valence-electron chi connectivity index (χ1n) is 6.87. The zero-order chi connectivity index (χ0) is 16.4. The Bertz CT molecular complexity index is 935. The van der Waals surface area contributed by atoms with Crippen molar-refractivity contribution in [1.29, 1.82) is 0 Å². The summed E-state index contributed by atoms with van der Waals surface area (Å²) in [7, 11) is 0. The van der Waals surface area contributed by atoms with Crippen molar-refractivity contribution in [2.45, 2.75) is 6.54 Å². The quantitative estimate of drug-likeness (QED) is 0.659. The molecule has 0 spiro atoms. The van der Waals surface area contributed by atoms with Gasteiger partial charge in [0.15, 0.2) is 5.43 Å². The predicted molar refractivity (Wildman–Crippen MR) is 96.0 cm³/mol. The Kier molecular flexibility index (Phi) is 4.42. The number of anilines is 1. The first-order valence-corrected chi connectivity index (χ1v) is 7.95. The molecule has 1 aromatic heterocycles. The summed E-state index contributed by atoms with van der Waals surface area (Å²) in [5.74, 6) is -0.698. The molecule has 0 aliphatic rings. The summed E-state index contributed by atoms with van der Waals surface area (Å²) < 4.78 is 16.0. The summed E-state index contributed by atoms with van der Waals surface area (Å²) in [5, 5.41) is 3.05. The Hall–Kier alpha value is -2.22. The summed E-state index contributed by atoms with van der Waals surface area (Å²) >= 11 is 2.19. The third-order valence-electron chi connectivity index (χ3n) is 3.38. The number of halogens is 2. The molecule has 0 fully saturated rings. The highest BCUT2D eigenvalue weighted by molar-refractivity contribution is 14.1. The van der Waals surface area contributed by atoms with E-state index in [1.165, 1.54) is 30.5 Å². The molecule has 0 radical (unpaired) electrons. The molecule has 3 rings (SSSR count). The van der Waals surface area contributed by atoms with Crippen LogP contribution in [0.5, 0.6) is 0 Å². The van der Waals surface area contributed by atoms with Gasteiger partial charge in [-0.2, -0.15) is 0 Å². The predicted octanol–water partition coefficient (Wildman–Crippen LogP) is 3.38. The number of pyridine rings is 1. The summed E-state index contributed by atoms with van der Waals surface area (Å²) in [5.41, 5.74) is 0.956. The van der Waals surface area contributed by atoms with E-state index < -0.39 is 5.82 Å². The van der Waals surface area contributed by atoms with Gasteiger partial charge in [-0.3, -0.25) is 9.59 Å². The Labute approximate surface area is 145 Å². The van der Waals surface area contributed by atoms with E-state index in [1.54, 1.807) is 4.57 Å². The number of carbonyl (C=O) groups is 1. The number of aromatic nitrogens is 1. The molecule has 6 heteroatoms. The smallest absolute Gasteiger partial charge is 0.244 e. The number of nitrogens with one attached hydrogen (secondary N) is 1.